The van der Waals surface area contributed by atoms with Crippen molar-refractivity contribution in [3.05, 3.63) is 148 Å². The first-order chi connectivity index (χ1) is 24.9. The maximum absolute atomic E-state index is 13.0. The molecule has 0 spiro atoms. The summed E-state index contributed by atoms with van der Waals surface area (Å²) in [6, 6.07) is 32.6. The summed E-state index contributed by atoms with van der Waals surface area (Å²) in [5.74, 6) is 2.83. The summed E-state index contributed by atoms with van der Waals surface area (Å²) in [4.78, 5) is 21.7. The van der Waals surface area contributed by atoms with Gasteiger partial charge in [-0.3, -0.25) is 9.69 Å². The molecule has 0 radical (unpaired) electrons. The Kier molecular flexibility index (Phi) is 14.2. The van der Waals surface area contributed by atoms with E-state index >= 15 is 0 Å². The molecule has 1 aliphatic rings. The van der Waals surface area contributed by atoms with Crippen LogP contribution in [0.5, 0.6) is 28.9 Å². The van der Waals surface area contributed by atoms with Crippen LogP contribution in [0.1, 0.15) is 22.3 Å². The summed E-state index contributed by atoms with van der Waals surface area (Å²) < 4.78 is 23.2. The lowest BCUT2D eigenvalue weighted by atomic mass is 10.1. The summed E-state index contributed by atoms with van der Waals surface area (Å²) in [5, 5.41) is 1.35. The molecule has 1 fully saturated rings. The third-order valence-corrected chi connectivity index (χ3v) is 9.09. The van der Waals surface area contributed by atoms with Gasteiger partial charge in [0, 0.05) is 66.9 Å². The van der Waals surface area contributed by atoms with Crippen molar-refractivity contribution < 1.29 is 23.7 Å². The molecule has 0 bridgehead atoms. The summed E-state index contributed by atoms with van der Waals surface area (Å²) >= 11 is 12.2. The van der Waals surface area contributed by atoms with Gasteiger partial charge in [-0.1, -0.05) is 71.7 Å². The maximum Gasteiger partial charge on any atom is 0.246 e. The lowest BCUT2D eigenvalue weighted by Gasteiger charge is -2.34. The van der Waals surface area contributed by atoms with Crippen LogP contribution in [-0.2, 0) is 24.4 Å². The first-order valence-electron chi connectivity index (χ1n) is 16.8. The second-order valence-electron chi connectivity index (χ2n) is 12.0. The van der Waals surface area contributed by atoms with Crippen LogP contribution in [0.2, 0.25) is 10.0 Å². The SMILES string of the molecule is COc1cc(/C=C/C(=O)N2CCN(Cc3ccc(CCOc4ccc(Cl)cc4)cc3)CC2)ccc1Oc1ccc(OCc2ccccc2Cl)cn1.Cl. The minimum Gasteiger partial charge on any atom is -0.493 e. The lowest BCUT2D eigenvalue weighted by molar-refractivity contribution is -0.127. The molecule has 0 unspecified atom stereocenters. The molecule has 4 aromatic carbocycles. The molecule has 1 amide bonds. The van der Waals surface area contributed by atoms with Crippen molar-refractivity contribution in [2.45, 2.75) is 19.6 Å². The summed E-state index contributed by atoms with van der Waals surface area (Å²) in [7, 11) is 1.58. The van der Waals surface area contributed by atoms with Crippen LogP contribution < -0.4 is 18.9 Å². The van der Waals surface area contributed by atoms with E-state index < -0.39 is 0 Å². The number of hydrogen-bond acceptors (Lipinski definition) is 7. The van der Waals surface area contributed by atoms with E-state index in [0.717, 1.165) is 42.9 Å². The van der Waals surface area contributed by atoms with Crippen molar-refractivity contribution in [1.82, 2.24) is 14.8 Å². The molecule has 2 heterocycles. The molecular formula is C41H40Cl3N3O5. The number of carbonyl (C=O) groups is 1. The van der Waals surface area contributed by atoms with Gasteiger partial charge in [-0.15, -0.1) is 12.4 Å². The van der Waals surface area contributed by atoms with Gasteiger partial charge in [-0.25, -0.2) is 4.98 Å². The van der Waals surface area contributed by atoms with Crippen molar-refractivity contribution in [3.8, 4) is 28.9 Å². The summed E-state index contributed by atoms with van der Waals surface area (Å²) in [6.07, 6.45) is 5.84. The van der Waals surface area contributed by atoms with Gasteiger partial charge in [0.1, 0.15) is 18.1 Å². The van der Waals surface area contributed by atoms with E-state index in [4.69, 9.17) is 42.1 Å². The van der Waals surface area contributed by atoms with Gasteiger partial charge in [0.2, 0.25) is 11.8 Å². The van der Waals surface area contributed by atoms with Crippen LogP contribution >= 0.6 is 35.6 Å². The Labute approximate surface area is 320 Å². The predicted molar refractivity (Wildman–Crippen MR) is 208 cm³/mol. The molecular weight excluding hydrogens is 721 g/mol. The van der Waals surface area contributed by atoms with Crippen LogP contribution in [0, 0.1) is 0 Å². The molecule has 0 N–H and O–H groups in total. The molecule has 0 saturated carbocycles. The minimum absolute atomic E-state index is 0. The number of benzene rings is 4. The number of carbonyl (C=O) groups excluding carboxylic acids is 1. The zero-order chi connectivity index (χ0) is 35.4. The minimum atomic E-state index is -0.0137. The zero-order valence-corrected chi connectivity index (χ0v) is 31.1. The molecule has 5 aromatic rings. The highest BCUT2D eigenvalue weighted by molar-refractivity contribution is 6.31. The Morgan fingerprint density at radius 1 is 0.808 bits per heavy atom. The van der Waals surface area contributed by atoms with Crippen molar-refractivity contribution in [2.24, 2.45) is 0 Å². The average Bonchev–Trinajstić information content (AvgIpc) is 3.16. The first-order valence-corrected chi connectivity index (χ1v) is 17.5. The fourth-order valence-electron chi connectivity index (χ4n) is 5.56. The molecule has 270 valence electrons. The number of rotatable bonds is 14. The van der Waals surface area contributed by atoms with E-state index in [-0.39, 0.29) is 18.3 Å². The fraction of sp³-hybridized carbons (Fsp3) is 0.220. The van der Waals surface area contributed by atoms with E-state index in [1.165, 1.54) is 11.1 Å². The van der Waals surface area contributed by atoms with E-state index in [9.17, 15) is 4.79 Å². The first kappa shape index (κ1) is 38.5. The quantitative estimate of drug-likeness (QED) is 0.105. The Morgan fingerprint density at radius 2 is 1.54 bits per heavy atom. The number of hydrogen-bond donors (Lipinski definition) is 0. The van der Waals surface area contributed by atoms with Crippen LogP contribution in [0.15, 0.2) is 115 Å². The number of ether oxygens (including phenoxy) is 4. The van der Waals surface area contributed by atoms with Crippen molar-refractivity contribution >= 4 is 47.6 Å². The smallest absolute Gasteiger partial charge is 0.246 e. The Hall–Kier alpha value is -4.73. The largest absolute Gasteiger partial charge is 0.493 e. The topological polar surface area (TPSA) is 73.4 Å². The van der Waals surface area contributed by atoms with Crippen molar-refractivity contribution in [1.29, 1.82) is 0 Å². The van der Waals surface area contributed by atoms with Gasteiger partial charge < -0.3 is 23.8 Å². The van der Waals surface area contributed by atoms with Crippen LogP contribution in [-0.4, -0.2) is 60.6 Å². The maximum atomic E-state index is 13.0. The number of methoxy groups -OCH3 is 1. The molecule has 6 rings (SSSR count). The summed E-state index contributed by atoms with van der Waals surface area (Å²) in [6.45, 7) is 4.78. The third kappa shape index (κ3) is 11.1. The van der Waals surface area contributed by atoms with E-state index in [0.29, 0.717) is 59.5 Å². The molecule has 0 atom stereocenters. The second kappa shape index (κ2) is 19.2. The van der Waals surface area contributed by atoms with Crippen molar-refractivity contribution in [3.63, 3.8) is 0 Å². The lowest BCUT2D eigenvalue weighted by Crippen LogP contribution is -2.47. The fourth-order valence-corrected chi connectivity index (χ4v) is 5.88. The number of piperazine rings is 1. The highest BCUT2D eigenvalue weighted by atomic mass is 35.5. The van der Waals surface area contributed by atoms with Gasteiger partial charge in [-0.2, -0.15) is 0 Å². The standard InChI is InChI=1S/C41H39Cl2N3O5.ClH/c1-48-39-26-31(10-17-38(39)51-40-18-16-36(27-44-40)50-29-33-4-2-3-5-37(33)43)11-19-41(47)46-23-21-45(22-24-46)28-32-8-6-30(7-9-32)20-25-49-35-14-12-34(42)13-15-35;/h2-19,26-27H,20-25,28-29H2,1H3;1H/b19-11+;. The number of halogens is 3. The van der Waals surface area contributed by atoms with E-state index in [2.05, 4.69) is 34.1 Å². The van der Waals surface area contributed by atoms with E-state index in [1.54, 1.807) is 43.7 Å². The number of nitrogens with zero attached hydrogens (tertiary/aromatic N) is 3. The number of pyridine rings is 1. The van der Waals surface area contributed by atoms with Gasteiger partial charge in [0.05, 0.1) is 19.9 Å². The molecule has 0 aliphatic carbocycles. The summed E-state index contributed by atoms with van der Waals surface area (Å²) in [5.41, 5.74) is 4.20. The van der Waals surface area contributed by atoms with Gasteiger partial charge >= 0.3 is 0 Å². The molecule has 1 aromatic heterocycles. The molecule has 1 aliphatic heterocycles. The van der Waals surface area contributed by atoms with Gasteiger partial charge in [-0.05, 0) is 71.3 Å². The Balaban J connectivity index is 0.00000523. The second-order valence-corrected chi connectivity index (χ2v) is 12.9. The third-order valence-electron chi connectivity index (χ3n) is 8.47. The number of aromatic nitrogens is 1. The normalized spacial score (nSPS) is 13.0. The molecule has 11 heteroatoms. The zero-order valence-electron chi connectivity index (χ0n) is 28.8. The molecule has 1 saturated heterocycles. The molecule has 52 heavy (non-hydrogen) atoms. The van der Waals surface area contributed by atoms with Gasteiger partial charge in [0.25, 0.3) is 0 Å². The number of amides is 1. The highest BCUT2D eigenvalue weighted by Crippen LogP contribution is 2.32. The van der Waals surface area contributed by atoms with Crippen LogP contribution in [0.4, 0.5) is 0 Å². The monoisotopic (exact) mass is 759 g/mol. The molecule has 8 nitrogen and oxygen atoms in total. The van der Waals surface area contributed by atoms with Crippen LogP contribution in [0.3, 0.4) is 0 Å². The van der Waals surface area contributed by atoms with Crippen molar-refractivity contribution in [2.75, 3.05) is 39.9 Å². The average molecular weight is 761 g/mol. The Morgan fingerprint density at radius 3 is 2.25 bits per heavy atom. The van der Waals surface area contributed by atoms with E-state index in [1.807, 2.05) is 65.6 Å². The Bertz CT molecular complexity index is 1910. The van der Waals surface area contributed by atoms with Gasteiger partial charge in [0.15, 0.2) is 11.5 Å². The predicted octanol–water partition coefficient (Wildman–Crippen LogP) is 9.17. The highest BCUT2D eigenvalue weighted by Gasteiger charge is 2.20. The van der Waals surface area contributed by atoms with Crippen LogP contribution in [0.25, 0.3) is 6.08 Å².